The molecule has 14 heavy (non-hydrogen) atoms. The molecule has 2 heterocycles. The predicted octanol–water partition coefficient (Wildman–Crippen LogP) is 1.91. The van der Waals surface area contributed by atoms with Gasteiger partial charge >= 0.3 is 0 Å². The van der Waals surface area contributed by atoms with E-state index in [4.69, 9.17) is 4.74 Å². The van der Waals surface area contributed by atoms with Crippen LogP contribution in [-0.4, -0.2) is 23.3 Å². The number of aliphatic hydroxyl groups excluding tert-OH is 1. The largest absolute Gasteiger partial charge is 0.386 e. The summed E-state index contributed by atoms with van der Waals surface area (Å²) in [6.45, 7) is 1.37. The number of rotatable bonds is 2. The number of halogens is 1. The van der Waals surface area contributed by atoms with Gasteiger partial charge in [-0.15, -0.1) is 0 Å². The summed E-state index contributed by atoms with van der Waals surface area (Å²) in [6, 6.07) is 3.73. The van der Waals surface area contributed by atoms with Crippen LogP contribution in [0.5, 0.6) is 0 Å². The van der Waals surface area contributed by atoms with Crippen molar-refractivity contribution >= 4 is 15.9 Å². The Labute approximate surface area is 91.2 Å². The van der Waals surface area contributed by atoms with Crippen LogP contribution in [0.25, 0.3) is 0 Å². The molecule has 3 nitrogen and oxygen atoms in total. The number of aliphatic hydroxyl groups is 1. The minimum Gasteiger partial charge on any atom is -0.386 e. The summed E-state index contributed by atoms with van der Waals surface area (Å²) in [7, 11) is 0. The van der Waals surface area contributed by atoms with Gasteiger partial charge in [-0.3, -0.25) is 4.98 Å². The maximum atomic E-state index is 10.0. The fourth-order valence-corrected chi connectivity index (χ4v) is 2.13. The van der Waals surface area contributed by atoms with Crippen LogP contribution in [0, 0.1) is 5.92 Å². The first kappa shape index (κ1) is 10.1. The quantitative estimate of drug-likeness (QED) is 0.881. The fourth-order valence-electron chi connectivity index (χ4n) is 1.64. The van der Waals surface area contributed by atoms with E-state index in [0.717, 1.165) is 17.5 Å². The van der Waals surface area contributed by atoms with Crippen LogP contribution in [-0.2, 0) is 4.74 Å². The predicted molar refractivity (Wildman–Crippen MR) is 55.8 cm³/mol. The highest BCUT2D eigenvalue weighted by Gasteiger charge is 2.27. The van der Waals surface area contributed by atoms with Crippen LogP contribution in [0.1, 0.15) is 18.2 Å². The van der Waals surface area contributed by atoms with Gasteiger partial charge in [0, 0.05) is 23.2 Å². The molecule has 0 aliphatic carbocycles. The molecule has 1 aliphatic heterocycles. The molecule has 2 atom stereocenters. The number of nitrogens with zero attached hydrogens (tertiary/aromatic N) is 1. The lowest BCUT2D eigenvalue weighted by atomic mass is 9.99. The van der Waals surface area contributed by atoms with Gasteiger partial charge < -0.3 is 9.84 Å². The first-order chi connectivity index (χ1) is 6.79. The molecule has 0 saturated carbocycles. The van der Waals surface area contributed by atoms with Crippen molar-refractivity contribution in [2.45, 2.75) is 12.5 Å². The van der Waals surface area contributed by atoms with Crippen LogP contribution in [0.15, 0.2) is 22.8 Å². The number of hydrogen-bond acceptors (Lipinski definition) is 3. The number of hydrogen-bond donors (Lipinski definition) is 1. The summed E-state index contributed by atoms with van der Waals surface area (Å²) in [5.41, 5.74) is 0.711. The maximum Gasteiger partial charge on any atom is 0.102 e. The SMILES string of the molecule is OC(c1ncccc1Br)C1CCOC1. The molecule has 1 fully saturated rings. The summed E-state index contributed by atoms with van der Waals surface area (Å²) >= 11 is 3.38. The molecule has 1 aromatic rings. The molecule has 2 rings (SSSR count). The molecule has 1 saturated heterocycles. The van der Waals surface area contributed by atoms with Crippen molar-refractivity contribution < 1.29 is 9.84 Å². The Morgan fingerprint density at radius 2 is 2.50 bits per heavy atom. The molecule has 4 heteroatoms. The van der Waals surface area contributed by atoms with E-state index < -0.39 is 6.10 Å². The zero-order valence-corrected chi connectivity index (χ0v) is 9.27. The highest BCUT2D eigenvalue weighted by molar-refractivity contribution is 9.10. The van der Waals surface area contributed by atoms with Crippen LogP contribution >= 0.6 is 15.9 Å². The third-order valence-electron chi connectivity index (χ3n) is 2.48. The monoisotopic (exact) mass is 257 g/mol. The number of pyridine rings is 1. The smallest absolute Gasteiger partial charge is 0.102 e. The second-order valence-corrected chi connectivity index (χ2v) is 4.29. The summed E-state index contributed by atoms with van der Waals surface area (Å²) in [6.07, 6.45) is 2.08. The Bertz CT molecular complexity index is 313. The number of aromatic nitrogens is 1. The third kappa shape index (κ3) is 1.97. The first-order valence-electron chi connectivity index (χ1n) is 4.65. The van der Waals surface area contributed by atoms with E-state index in [0.29, 0.717) is 12.3 Å². The Balaban J connectivity index is 2.17. The van der Waals surface area contributed by atoms with Crippen molar-refractivity contribution in [3.8, 4) is 0 Å². The molecule has 0 amide bonds. The van der Waals surface area contributed by atoms with Gasteiger partial charge in [0.15, 0.2) is 0 Å². The molecule has 0 aromatic carbocycles. The van der Waals surface area contributed by atoms with E-state index in [1.165, 1.54) is 0 Å². The van der Waals surface area contributed by atoms with E-state index in [9.17, 15) is 5.11 Å². The molecular weight excluding hydrogens is 246 g/mol. The standard InChI is InChI=1S/C10H12BrNO2/c11-8-2-1-4-12-9(8)10(13)7-3-5-14-6-7/h1-2,4,7,10,13H,3,5-6H2. The lowest BCUT2D eigenvalue weighted by molar-refractivity contribution is 0.0879. The Kier molecular flexibility index (Phi) is 3.15. The molecule has 1 aliphatic rings. The van der Waals surface area contributed by atoms with Gasteiger partial charge in [-0.1, -0.05) is 0 Å². The van der Waals surface area contributed by atoms with Crippen molar-refractivity contribution in [2.24, 2.45) is 5.92 Å². The molecule has 2 unspecified atom stereocenters. The van der Waals surface area contributed by atoms with Crippen molar-refractivity contribution in [3.63, 3.8) is 0 Å². The van der Waals surface area contributed by atoms with E-state index in [2.05, 4.69) is 20.9 Å². The van der Waals surface area contributed by atoms with E-state index >= 15 is 0 Å². The van der Waals surface area contributed by atoms with Crippen molar-refractivity contribution in [1.82, 2.24) is 4.98 Å². The summed E-state index contributed by atoms with van der Waals surface area (Å²) in [5, 5.41) is 10.0. The highest BCUT2D eigenvalue weighted by atomic mass is 79.9. The summed E-state index contributed by atoms with van der Waals surface area (Å²) in [4.78, 5) is 4.17. The molecule has 1 N–H and O–H groups in total. The van der Waals surface area contributed by atoms with E-state index in [1.807, 2.05) is 12.1 Å². The maximum absolute atomic E-state index is 10.0. The van der Waals surface area contributed by atoms with Crippen LogP contribution < -0.4 is 0 Å². The molecule has 0 radical (unpaired) electrons. The molecular formula is C10H12BrNO2. The van der Waals surface area contributed by atoms with E-state index in [-0.39, 0.29) is 5.92 Å². The fraction of sp³-hybridized carbons (Fsp3) is 0.500. The van der Waals surface area contributed by atoms with Gasteiger partial charge in [0.2, 0.25) is 0 Å². The molecule has 0 spiro atoms. The van der Waals surface area contributed by atoms with Gasteiger partial charge in [0.25, 0.3) is 0 Å². The zero-order valence-electron chi connectivity index (χ0n) is 7.69. The van der Waals surface area contributed by atoms with Crippen molar-refractivity contribution in [1.29, 1.82) is 0 Å². The van der Waals surface area contributed by atoms with Gasteiger partial charge in [0.1, 0.15) is 6.10 Å². The van der Waals surface area contributed by atoms with Gasteiger partial charge in [-0.05, 0) is 34.5 Å². The van der Waals surface area contributed by atoms with Crippen LogP contribution in [0.2, 0.25) is 0 Å². The van der Waals surface area contributed by atoms with Gasteiger partial charge in [-0.2, -0.15) is 0 Å². The summed E-state index contributed by atoms with van der Waals surface area (Å²) < 4.78 is 6.10. The summed E-state index contributed by atoms with van der Waals surface area (Å²) in [5.74, 6) is 0.182. The number of ether oxygens (including phenoxy) is 1. The average molecular weight is 258 g/mol. The second-order valence-electron chi connectivity index (χ2n) is 3.44. The Morgan fingerprint density at radius 1 is 1.64 bits per heavy atom. The molecule has 1 aromatic heterocycles. The van der Waals surface area contributed by atoms with Crippen LogP contribution in [0.3, 0.4) is 0 Å². The topological polar surface area (TPSA) is 42.4 Å². The lowest BCUT2D eigenvalue weighted by Crippen LogP contribution is -2.14. The lowest BCUT2D eigenvalue weighted by Gasteiger charge is -2.16. The average Bonchev–Trinajstić information content (AvgIpc) is 2.70. The van der Waals surface area contributed by atoms with Crippen molar-refractivity contribution in [3.05, 3.63) is 28.5 Å². The zero-order chi connectivity index (χ0) is 9.97. The third-order valence-corrected chi connectivity index (χ3v) is 3.15. The molecule has 76 valence electrons. The Hall–Kier alpha value is -0.450. The van der Waals surface area contributed by atoms with E-state index in [1.54, 1.807) is 6.20 Å². The van der Waals surface area contributed by atoms with Crippen LogP contribution in [0.4, 0.5) is 0 Å². The second kappa shape index (κ2) is 4.38. The minimum absolute atomic E-state index is 0.182. The first-order valence-corrected chi connectivity index (χ1v) is 5.44. The minimum atomic E-state index is -0.520. The Morgan fingerprint density at radius 3 is 3.14 bits per heavy atom. The molecule has 0 bridgehead atoms. The van der Waals surface area contributed by atoms with Crippen molar-refractivity contribution in [2.75, 3.05) is 13.2 Å². The normalized spacial score (nSPS) is 23.7. The van der Waals surface area contributed by atoms with Gasteiger partial charge in [-0.25, -0.2) is 0 Å². The van der Waals surface area contributed by atoms with Gasteiger partial charge in [0.05, 0.1) is 12.3 Å². The highest BCUT2D eigenvalue weighted by Crippen LogP contribution is 2.31.